The molecule has 3 rings (SSSR count). The van der Waals surface area contributed by atoms with Gasteiger partial charge >= 0.3 is 6.03 Å². The number of methoxy groups -OCH3 is 2. The first-order chi connectivity index (χ1) is 13.3. The Bertz CT molecular complexity index is 1000. The Balaban J connectivity index is 2.04. The van der Waals surface area contributed by atoms with E-state index in [1.807, 2.05) is 22.6 Å². The van der Waals surface area contributed by atoms with Crippen molar-refractivity contribution in [1.29, 1.82) is 0 Å². The second kappa shape index (κ2) is 7.97. The van der Waals surface area contributed by atoms with E-state index < -0.39 is 23.7 Å². The summed E-state index contributed by atoms with van der Waals surface area (Å²) in [6.07, 6.45) is 1.35. The Morgan fingerprint density at radius 2 is 1.75 bits per heavy atom. The van der Waals surface area contributed by atoms with Crippen LogP contribution >= 0.6 is 22.6 Å². The van der Waals surface area contributed by atoms with Crippen LogP contribution in [-0.4, -0.2) is 32.1 Å². The third-order valence-electron chi connectivity index (χ3n) is 3.95. The lowest BCUT2D eigenvalue weighted by Gasteiger charge is -2.26. The topological polar surface area (TPSA) is 84.9 Å². The van der Waals surface area contributed by atoms with Crippen molar-refractivity contribution in [3.05, 3.63) is 56.9 Å². The van der Waals surface area contributed by atoms with Gasteiger partial charge < -0.3 is 9.47 Å². The predicted molar refractivity (Wildman–Crippen MR) is 108 cm³/mol. The summed E-state index contributed by atoms with van der Waals surface area (Å²) in [5.41, 5.74) is 0.407. The van der Waals surface area contributed by atoms with Crippen LogP contribution in [-0.2, 0) is 9.59 Å². The van der Waals surface area contributed by atoms with Gasteiger partial charge in [-0.05, 0) is 70.6 Å². The van der Waals surface area contributed by atoms with Crippen molar-refractivity contribution in [3.63, 3.8) is 0 Å². The number of nitrogens with zero attached hydrogens (tertiary/aromatic N) is 1. The van der Waals surface area contributed by atoms with Crippen molar-refractivity contribution >= 4 is 52.2 Å². The average molecular weight is 496 g/mol. The minimum Gasteiger partial charge on any atom is -0.493 e. The quantitative estimate of drug-likeness (QED) is 0.400. The normalized spacial score (nSPS) is 15.6. The molecule has 0 aromatic heterocycles. The van der Waals surface area contributed by atoms with Crippen molar-refractivity contribution in [2.24, 2.45) is 0 Å². The molecule has 0 unspecified atom stereocenters. The highest BCUT2D eigenvalue weighted by Crippen LogP contribution is 2.34. The lowest BCUT2D eigenvalue weighted by Crippen LogP contribution is -2.54. The minimum atomic E-state index is -0.902. The zero-order valence-electron chi connectivity index (χ0n) is 14.8. The Morgan fingerprint density at radius 3 is 2.36 bits per heavy atom. The van der Waals surface area contributed by atoms with Crippen molar-refractivity contribution in [2.45, 2.75) is 0 Å². The van der Waals surface area contributed by atoms with E-state index in [2.05, 4.69) is 5.32 Å². The highest BCUT2D eigenvalue weighted by atomic mass is 127. The number of hydrogen-bond donors (Lipinski definition) is 1. The number of benzene rings is 2. The number of urea groups is 1. The molecule has 9 heteroatoms. The third kappa shape index (κ3) is 3.70. The maximum Gasteiger partial charge on any atom is 0.335 e. The number of amides is 4. The Hall–Kier alpha value is -2.95. The van der Waals surface area contributed by atoms with E-state index in [4.69, 9.17) is 9.47 Å². The molecule has 0 spiro atoms. The maximum absolute atomic E-state index is 13.2. The largest absolute Gasteiger partial charge is 0.493 e. The summed E-state index contributed by atoms with van der Waals surface area (Å²) < 4.78 is 24.4. The first kappa shape index (κ1) is 19.8. The highest BCUT2D eigenvalue weighted by Gasteiger charge is 2.36. The Labute approximate surface area is 173 Å². The van der Waals surface area contributed by atoms with E-state index in [9.17, 15) is 18.8 Å². The van der Waals surface area contributed by atoms with Crippen LogP contribution in [0.1, 0.15) is 5.56 Å². The number of rotatable bonds is 4. The fourth-order valence-corrected chi connectivity index (χ4v) is 3.52. The fraction of sp³-hybridized carbons (Fsp3) is 0.105. The molecule has 0 bridgehead atoms. The average Bonchev–Trinajstić information content (AvgIpc) is 2.66. The van der Waals surface area contributed by atoms with Crippen LogP contribution < -0.4 is 19.7 Å². The summed E-state index contributed by atoms with van der Waals surface area (Å²) in [7, 11) is 2.97. The molecule has 2 aromatic rings. The number of barbiturate groups is 1. The van der Waals surface area contributed by atoms with E-state index in [0.29, 0.717) is 20.6 Å². The van der Waals surface area contributed by atoms with Gasteiger partial charge in [0.2, 0.25) is 0 Å². The van der Waals surface area contributed by atoms with Crippen molar-refractivity contribution < 1.29 is 28.2 Å². The van der Waals surface area contributed by atoms with Crippen molar-refractivity contribution in [3.8, 4) is 11.5 Å². The van der Waals surface area contributed by atoms with Gasteiger partial charge in [-0.3, -0.25) is 14.9 Å². The van der Waals surface area contributed by atoms with Crippen molar-refractivity contribution in [2.75, 3.05) is 19.1 Å². The molecule has 4 amide bonds. The van der Waals surface area contributed by atoms with Crippen LogP contribution in [0.2, 0.25) is 0 Å². The van der Waals surface area contributed by atoms with Crippen molar-refractivity contribution in [1.82, 2.24) is 5.32 Å². The number of carbonyl (C=O) groups is 3. The molecule has 0 aliphatic carbocycles. The molecule has 1 fully saturated rings. The fourth-order valence-electron chi connectivity index (χ4n) is 2.67. The number of hydrogen-bond acceptors (Lipinski definition) is 5. The number of ether oxygens (including phenoxy) is 2. The number of halogens is 2. The number of nitrogens with one attached hydrogen (secondary N) is 1. The second-order valence-electron chi connectivity index (χ2n) is 5.67. The number of anilines is 1. The maximum atomic E-state index is 13.2. The second-order valence-corrected chi connectivity index (χ2v) is 6.83. The van der Waals surface area contributed by atoms with Gasteiger partial charge in [0.15, 0.2) is 11.5 Å². The smallest absolute Gasteiger partial charge is 0.335 e. The number of imide groups is 2. The van der Waals surface area contributed by atoms with E-state index >= 15 is 0 Å². The van der Waals surface area contributed by atoms with E-state index in [1.54, 1.807) is 12.1 Å². The van der Waals surface area contributed by atoms with Gasteiger partial charge in [-0.2, -0.15) is 0 Å². The molecule has 7 nitrogen and oxygen atoms in total. The standard InChI is InChI=1S/C19H14FIN2O5/c1-27-15-9-10(8-14(21)16(15)28-2)7-13-17(24)22-19(26)23(18(13)25)12-5-3-11(20)4-6-12/h3-9H,1-2H3,(H,22,24,26)/b13-7-. The zero-order valence-corrected chi connectivity index (χ0v) is 16.9. The summed E-state index contributed by atoms with van der Waals surface area (Å²) >= 11 is 2.04. The first-order valence-corrected chi connectivity index (χ1v) is 9.02. The summed E-state index contributed by atoms with van der Waals surface area (Å²) in [5.74, 6) is -1.20. The SMILES string of the molecule is COc1cc(/C=C2/C(=O)NC(=O)N(c3ccc(F)cc3)C2=O)cc(I)c1OC. The van der Waals surface area contributed by atoms with Gasteiger partial charge in [-0.1, -0.05) is 0 Å². The predicted octanol–water partition coefficient (Wildman–Crippen LogP) is 3.11. The molecule has 1 aliphatic heterocycles. The molecule has 1 aliphatic rings. The van der Waals surface area contributed by atoms with Gasteiger partial charge in [-0.25, -0.2) is 14.1 Å². The highest BCUT2D eigenvalue weighted by molar-refractivity contribution is 14.1. The van der Waals surface area contributed by atoms with Gasteiger partial charge in [0, 0.05) is 0 Å². The van der Waals surface area contributed by atoms with E-state index in [-0.39, 0.29) is 11.3 Å². The van der Waals surface area contributed by atoms with Gasteiger partial charge in [0.25, 0.3) is 11.8 Å². The summed E-state index contributed by atoms with van der Waals surface area (Å²) in [6.45, 7) is 0. The van der Waals surface area contributed by atoms with Gasteiger partial charge in [0.1, 0.15) is 11.4 Å². The molecule has 0 saturated carbocycles. The van der Waals surface area contributed by atoms with Crippen LogP contribution in [0.15, 0.2) is 42.0 Å². The lowest BCUT2D eigenvalue weighted by atomic mass is 10.1. The van der Waals surface area contributed by atoms with Crippen LogP contribution in [0.3, 0.4) is 0 Å². The molecule has 144 valence electrons. The van der Waals surface area contributed by atoms with E-state index in [0.717, 1.165) is 17.0 Å². The number of carbonyl (C=O) groups excluding carboxylic acids is 3. The van der Waals surface area contributed by atoms with Crippen LogP contribution in [0, 0.1) is 9.39 Å². The summed E-state index contributed by atoms with van der Waals surface area (Å²) in [5, 5.41) is 2.12. The summed E-state index contributed by atoms with van der Waals surface area (Å²) in [6, 6.07) is 7.19. The van der Waals surface area contributed by atoms with Crippen LogP contribution in [0.25, 0.3) is 6.08 Å². The Kier molecular flexibility index (Phi) is 5.63. The molecule has 0 atom stereocenters. The zero-order chi connectivity index (χ0) is 20.4. The first-order valence-electron chi connectivity index (χ1n) is 7.94. The van der Waals surface area contributed by atoms with Gasteiger partial charge in [-0.15, -0.1) is 0 Å². The monoisotopic (exact) mass is 496 g/mol. The van der Waals surface area contributed by atoms with E-state index in [1.165, 1.54) is 32.4 Å². The van der Waals surface area contributed by atoms with Crippen LogP contribution in [0.5, 0.6) is 11.5 Å². The molecule has 28 heavy (non-hydrogen) atoms. The molecule has 2 aromatic carbocycles. The third-order valence-corrected chi connectivity index (χ3v) is 4.75. The molecular formula is C19H14FIN2O5. The molecule has 1 heterocycles. The molecule has 1 N–H and O–H groups in total. The van der Waals surface area contributed by atoms with Crippen LogP contribution in [0.4, 0.5) is 14.9 Å². The van der Waals surface area contributed by atoms with Gasteiger partial charge in [0.05, 0.1) is 23.5 Å². The minimum absolute atomic E-state index is 0.143. The molecule has 1 saturated heterocycles. The molecule has 0 radical (unpaired) electrons. The molecular weight excluding hydrogens is 482 g/mol. The summed E-state index contributed by atoms with van der Waals surface area (Å²) in [4.78, 5) is 38.0. The Morgan fingerprint density at radius 1 is 1.07 bits per heavy atom. The lowest BCUT2D eigenvalue weighted by molar-refractivity contribution is -0.122.